The van der Waals surface area contributed by atoms with Crippen molar-refractivity contribution in [2.45, 2.75) is 11.4 Å². The highest BCUT2D eigenvalue weighted by Crippen LogP contribution is 2.16. The van der Waals surface area contributed by atoms with Crippen LogP contribution in [0.3, 0.4) is 0 Å². The van der Waals surface area contributed by atoms with Crippen molar-refractivity contribution in [3.63, 3.8) is 0 Å². The number of carbonyl (C=O) groups is 1. The van der Waals surface area contributed by atoms with Crippen LogP contribution in [0.25, 0.3) is 0 Å². The van der Waals surface area contributed by atoms with E-state index in [1.807, 2.05) is 0 Å². The number of benzene rings is 2. The average Bonchev–Trinajstić information content (AvgIpc) is 2.97. The molecule has 2 aromatic carbocycles. The number of Topliss-reactive ketones (excluding diaryl/α,β-unsaturated/α-hetero) is 1. The molecule has 0 spiro atoms. The Balaban J connectivity index is 1.92. The van der Waals surface area contributed by atoms with Crippen LogP contribution in [-0.2, 0) is 16.6 Å². The minimum Gasteiger partial charge on any atom is -0.292 e. The third kappa shape index (κ3) is 3.42. The van der Waals surface area contributed by atoms with Gasteiger partial charge in [0.1, 0.15) is 0 Å². The van der Waals surface area contributed by atoms with Crippen LogP contribution < -0.4 is 5.69 Å². The molecule has 0 radical (unpaired) electrons. The molecule has 1 aromatic heterocycles. The molecule has 0 fully saturated rings. The van der Waals surface area contributed by atoms with Gasteiger partial charge in [0.2, 0.25) is 0 Å². The maximum atomic E-state index is 12.6. The van der Waals surface area contributed by atoms with E-state index in [9.17, 15) is 18.0 Å². The Morgan fingerprint density at radius 1 is 0.960 bits per heavy atom. The second kappa shape index (κ2) is 6.70. The lowest BCUT2D eigenvalue weighted by atomic mass is 10.1. The van der Waals surface area contributed by atoms with Crippen LogP contribution in [0.1, 0.15) is 10.4 Å². The molecule has 0 saturated carbocycles. The molecular weight excluding hydrogens is 364 g/mol. The zero-order chi connectivity index (χ0) is 18.0. The lowest BCUT2D eigenvalue weighted by Crippen LogP contribution is -2.30. The molecule has 6 nitrogen and oxygen atoms in total. The highest BCUT2D eigenvalue weighted by atomic mass is 35.5. The van der Waals surface area contributed by atoms with Crippen LogP contribution in [0.2, 0.25) is 5.02 Å². The van der Waals surface area contributed by atoms with Crippen molar-refractivity contribution in [2.75, 3.05) is 0 Å². The van der Waals surface area contributed by atoms with E-state index in [0.717, 1.165) is 10.8 Å². The summed E-state index contributed by atoms with van der Waals surface area (Å²) < 4.78 is 26.8. The van der Waals surface area contributed by atoms with E-state index in [1.54, 1.807) is 30.3 Å². The Morgan fingerprint density at radius 2 is 1.60 bits per heavy atom. The van der Waals surface area contributed by atoms with Gasteiger partial charge in [0.25, 0.3) is 10.0 Å². The summed E-state index contributed by atoms with van der Waals surface area (Å²) in [6, 6.07) is 14.0. The predicted molar refractivity (Wildman–Crippen MR) is 93.5 cm³/mol. The normalized spacial score (nSPS) is 11.4. The number of nitrogens with zero attached hydrogens (tertiary/aromatic N) is 2. The van der Waals surface area contributed by atoms with Crippen molar-refractivity contribution < 1.29 is 13.2 Å². The van der Waals surface area contributed by atoms with Gasteiger partial charge in [-0.25, -0.2) is 13.2 Å². The number of hydrogen-bond donors (Lipinski definition) is 0. The molecular formula is C17H13ClN2O4S. The van der Waals surface area contributed by atoms with Gasteiger partial charge in [-0.3, -0.25) is 9.36 Å². The lowest BCUT2D eigenvalue weighted by Gasteiger charge is -2.05. The lowest BCUT2D eigenvalue weighted by molar-refractivity contribution is 0.0971. The Morgan fingerprint density at radius 3 is 2.24 bits per heavy atom. The van der Waals surface area contributed by atoms with Crippen molar-refractivity contribution in [3.8, 4) is 0 Å². The number of ketones is 1. The van der Waals surface area contributed by atoms with Gasteiger partial charge in [0.15, 0.2) is 5.78 Å². The maximum Gasteiger partial charge on any atom is 0.342 e. The summed E-state index contributed by atoms with van der Waals surface area (Å²) in [5.41, 5.74) is -0.359. The van der Waals surface area contributed by atoms with Gasteiger partial charge < -0.3 is 0 Å². The van der Waals surface area contributed by atoms with E-state index in [1.165, 1.54) is 30.5 Å². The molecule has 0 saturated heterocycles. The van der Waals surface area contributed by atoms with Crippen molar-refractivity contribution in [3.05, 3.63) is 88.1 Å². The van der Waals surface area contributed by atoms with Crippen molar-refractivity contribution in [1.82, 2.24) is 8.54 Å². The fourth-order valence-electron chi connectivity index (χ4n) is 2.29. The molecule has 25 heavy (non-hydrogen) atoms. The van der Waals surface area contributed by atoms with Gasteiger partial charge in [-0.15, -0.1) is 0 Å². The molecule has 3 rings (SSSR count). The van der Waals surface area contributed by atoms with Crippen LogP contribution in [0.15, 0.2) is 76.7 Å². The number of aromatic nitrogens is 2. The molecule has 0 bridgehead atoms. The van der Waals surface area contributed by atoms with E-state index < -0.39 is 15.7 Å². The number of imidazole rings is 1. The Labute approximate surface area is 149 Å². The first-order valence-electron chi connectivity index (χ1n) is 7.27. The molecule has 0 atom stereocenters. The SMILES string of the molecule is O=C(Cn1ccn(S(=O)(=O)c2ccc(Cl)cc2)c1=O)c1ccccc1. The zero-order valence-electron chi connectivity index (χ0n) is 12.9. The zero-order valence-corrected chi connectivity index (χ0v) is 14.4. The summed E-state index contributed by atoms with van der Waals surface area (Å²) in [6.45, 7) is -0.244. The molecule has 0 amide bonds. The van der Waals surface area contributed by atoms with Gasteiger partial charge >= 0.3 is 5.69 Å². The van der Waals surface area contributed by atoms with Crippen molar-refractivity contribution in [1.29, 1.82) is 0 Å². The standard InChI is InChI=1S/C17H13ClN2O4S/c18-14-6-8-15(9-7-14)25(23,24)20-11-10-19(17(20)22)12-16(21)13-4-2-1-3-5-13/h1-11H,12H2. The molecule has 0 aliphatic heterocycles. The number of hydrogen-bond acceptors (Lipinski definition) is 4. The maximum absolute atomic E-state index is 12.6. The van der Waals surface area contributed by atoms with Gasteiger partial charge in [0.05, 0.1) is 11.4 Å². The third-order valence-corrected chi connectivity index (χ3v) is 5.51. The quantitative estimate of drug-likeness (QED) is 0.641. The number of carbonyl (C=O) groups excluding carboxylic acids is 1. The minimum absolute atomic E-state index is 0.0638. The molecule has 0 aliphatic carbocycles. The topological polar surface area (TPSA) is 78.1 Å². The fraction of sp³-hybridized carbons (Fsp3) is 0.0588. The van der Waals surface area contributed by atoms with Gasteiger partial charge in [-0.1, -0.05) is 41.9 Å². The van der Waals surface area contributed by atoms with E-state index in [2.05, 4.69) is 0 Å². The van der Waals surface area contributed by atoms with Crippen molar-refractivity contribution >= 4 is 27.4 Å². The molecule has 0 N–H and O–H groups in total. The van der Waals surface area contributed by atoms with Crippen LogP contribution in [-0.4, -0.2) is 22.7 Å². The first-order valence-corrected chi connectivity index (χ1v) is 9.08. The second-order valence-corrected chi connectivity index (χ2v) is 7.50. The second-order valence-electron chi connectivity index (χ2n) is 5.25. The van der Waals surface area contributed by atoms with Gasteiger partial charge in [-0.05, 0) is 24.3 Å². The van der Waals surface area contributed by atoms with Gasteiger partial charge in [0, 0.05) is 23.0 Å². The number of halogens is 1. The summed E-state index contributed by atoms with van der Waals surface area (Å²) in [4.78, 5) is 24.5. The summed E-state index contributed by atoms with van der Waals surface area (Å²) in [5.74, 6) is -0.288. The smallest absolute Gasteiger partial charge is 0.292 e. The molecule has 0 aliphatic rings. The Hall–Kier alpha value is -2.64. The van der Waals surface area contributed by atoms with Crippen LogP contribution in [0, 0.1) is 0 Å². The molecule has 0 unspecified atom stereocenters. The minimum atomic E-state index is -4.05. The summed E-state index contributed by atoms with van der Waals surface area (Å²) in [5, 5.41) is 0.386. The fourth-order valence-corrected chi connectivity index (χ4v) is 3.65. The molecule has 1 heterocycles. The van der Waals surface area contributed by atoms with E-state index >= 15 is 0 Å². The van der Waals surface area contributed by atoms with E-state index in [0.29, 0.717) is 14.6 Å². The highest BCUT2D eigenvalue weighted by molar-refractivity contribution is 7.90. The highest BCUT2D eigenvalue weighted by Gasteiger charge is 2.21. The van der Waals surface area contributed by atoms with Crippen molar-refractivity contribution in [2.24, 2.45) is 0 Å². The predicted octanol–water partition coefficient (Wildman–Crippen LogP) is 2.42. The average molecular weight is 377 g/mol. The summed E-state index contributed by atoms with van der Waals surface area (Å²) >= 11 is 5.75. The first-order chi connectivity index (χ1) is 11.9. The van der Waals surface area contributed by atoms with Gasteiger partial charge in [-0.2, -0.15) is 3.97 Å². The molecule has 8 heteroatoms. The summed E-state index contributed by atoms with van der Waals surface area (Å²) in [7, 11) is -4.05. The molecule has 3 aromatic rings. The van der Waals surface area contributed by atoms with Crippen LogP contribution in [0.4, 0.5) is 0 Å². The molecule has 128 valence electrons. The Bertz CT molecular complexity index is 1070. The monoisotopic (exact) mass is 376 g/mol. The first kappa shape index (κ1) is 17.2. The van der Waals surface area contributed by atoms with E-state index in [4.69, 9.17) is 11.6 Å². The van der Waals surface area contributed by atoms with Crippen LogP contribution >= 0.6 is 11.6 Å². The largest absolute Gasteiger partial charge is 0.342 e. The summed E-state index contributed by atoms with van der Waals surface area (Å²) in [6.07, 6.45) is 2.40. The van der Waals surface area contributed by atoms with Crippen LogP contribution in [0.5, 0.6) is 0 Å². The number of rotatable bonds is 5. The third-order valence-electron chi connectivity index (χ3n) is 3.60. The van der Waals surface area contributed by atoms with E-state index in [-0.39, 0.29) is 17.2 Å². The Kier molecular flexibility index (Phi) is 4.61.